The van der Waals surface area contributed by atoms with Crippen LogP contribution in [0.1, 0.15) is 39.5 Å². The van der Waals surface area contributed by atoms with Crippen LogP contribution in [0.25, 0.3) is 0 Å². The van der Waals surface area contributed by atoms with Gasteiger partial charge in [0.25, 0.3) is 5.91 Å². The molecule has 4 heteroatoms. The van der Waals surface area contributed by atoms with Crippen molar-refractivity contribution in [2.75, 3.05) is 13.1 Å². The van der Waals surface area contributed by atoms with Crippen LogP contribution in [-0.2, 0) is 4.79 Å². The van der Waals surface area contributed by atoms with Crippen LogP contribution >= 0.6 is 0 Å². The molecule has 0 aromatic rings. The van der Waals surface area contributed by atoms with Gasteiger partial charge in [-0.05, 0) is 25.3 Å². The number of amides is 1. The molecule has 1 aliphatic rings. The number of carbonyl (C=O) groups is 1. The Morgan fingerprint density at radius 2 is 2.33 bits per heavy atom. The van der Waals surface area contributed by atoms with E-state index in [-0.39, 0.29) is 11.9 Å². The van der Waals surface area contributed by atoms with Gasteiger partial charge in [-0.25, -0.2) is 5.84 Å². The number of carbonyl (C=O) groups excluding carboxylic acids is 1. The Morgan fingerprint density at radius 3 is 2.80 bits per heavy atom. The Labute approximate surface area is 92.2 Å². The molecule has 0 aromatic heterocycles. The van der Waals surface area contributed by atoms with E-state index in [9.17, 15) is 4.79 Å². The number of hydrogen-bond donors (Lipinski definition) is 2. The fourth-order valence-electron chi connectivity index (χ4n) is 2.33. The first-order chi connectivity index (χ1) is 7.22. The summed E-state index contributed by atoms with van der Waals surface area (Å²) in [6.45, 7) is 6.40. The molecule has 1 saturated heterocycles. The van der Waals surface area contributed by atoms with Crippen molar-refractivity contribution in [3.05, 3.63) is 0 Å². The molecule has 0 aromatic carbocycles. The smallest absolute Gasteiger partial charge is 0.251 e. The van der Waals surface area contributed by atoms with E-state index in [1.165, 1.54) is 12.8 Å². The first-order valence-corrected chi connectivity index (χ1v) is 5.97. The summed E-state index contributed by atoms with van der Waals surface area (Å²) in [5.41, 5.74) is 2.28. The third kappa shape index (κ3) is 3.18. The van der Waals surface area contributed by atoms with Crippen LogP contribution in [0.15, 0.2) is 0 Å². The van der Waals surface area contributed by atoms with Gasteiger partial charge >= 0.3 is 0 Å². The van der Waals surface area contributed by atoms with Crippen molar-refractivity contribution in [2.45, 2.75) is 45.6 Å². The summed E-state index contributed by atoms with van der Waals surface area (Å²) in [6, 6.07) is -0.0171. The van der Waals surface area contributed by atoms with Crippen LogP contribution < -0.4 is 11.3 Å². The van der Waals surface area contributed by atoms with Gasteiger partial charge in [-0.15, -0.1) is 0 Å². The maximum atomic E-state index is 11.6. The Morgan fingerprint density at radius 1 is 1.60 bits per heavy atom. The third-order valence-corrected chi connectivity index (χ3v) is 3.34. The largest absolute Gasteiger partial charge is 0.293 e. The molecule has 0 spiro atoms. The molecule has 1 aliphatic heterocycles. The molecular formula is C11H23N3O. The molecule has 1 amide bonds. The van der Waals surface area contributed by atoms with Crippen molar-refractivity contribution in [3.63, 3.8) is 0 Å². The highest BCUT2D eigenvalue weighted by Gasteiger charge is 2.30. The summed E-state index contributed by atoms with van der Waals surface area (Å²) in [7, 11) is 0. The van der Waals surface area contributed by atoms with E-state index in [2.05, 4.69) is 24.2 Å². The standard InChI is InChI=1S/C11H23N3O/c1-3-5-10(11(15)13-12)14-7-6-9(4-2)8-14/h9-10H,3-8,12H2,1-2H3,(H,13,15). The molecule has 1 rings (SSSR count). The van der Waals surface area contributed by atoms with Crippen LogP contribution in [0, 0.1) is 5.92 Å². The predicted octanol–water partition coefficient (Wildman–Crippen LogP) is 0.877. The second-order valence-electron chi connectivity index (χ2n) is 4.37. The van der Waals surface area contributed by atoms with E-state index in [0.717, 1.165) is 31.8 Å². The van der Waals surface area contributed by atoms with Crippen LogP contribution in [0.3, 0.4) is 0 Å². The van der Waals surface area contributed by atoms with Crippen LogP contribution in [0.2, 0.25) is 0 Å². The molecule has 88 valence electrons. The summed E-state index contributed by atoms with van der Waals surface area (Å²) in [4.78, 5) is 13.9. The number of rotatable bonds is 5. The molecule has 3 N–H and O–H groups in total. The van der Waals surface area contributed by atoms with Gasteiger partial charge in [-0.2, -0.15) is 0 Å². The van der Waals surface area contributed by atoms with Gasteiger partial charge in [0.15, 0.2) is 0 Å². The molecule has 1 heterocycles. The normalized spacial score (nSPS) is 24.1. The highest BCUT2D eigenvalue weighted by molar-refractivity contribution is 5.81. The molecule has 0 saturated carbocycles. The van der Waals surface area contributed by atoms with E-state index in [4.69, 9.17) is 5.84 Å². The van der Waals surface area contributed by atoms with E-state index < -0.39 is 0 Å². The molecular weight excluding hydrogens is 190 g/mol. The lowest BCUT2D eigenvalue weighted by Crippen LogP contribution is -2.48. The van der Waals surface area contributed by atoms with Crippen LogP contribution in [0.4, 0.5) is 0 Å². The first kappa shape index (κ1) is 12.5. The number of nitrogens with one attached hydrogen (secondary N) is 1. The minimum Gasteiger partial charge on any atom is -0.293 e. The molecule has 15 heavy (non-hydrogen) atoms. The quantitative estimate of drug-likeness (QED) is 0.405. The maximum Gasteiger partial charge on any atom is 0.251 e. The molecule has 4 nitrogen and oxygen atoms in total. The van der Waals surface area contributed by atoms with Gasteiger partial charge in [0.2, 0.25) is 0 Å². The predicted molar refractivity (Wildman–Crippen MR) is 61.0 cm³/mol. The molecule has 0 bridgehead atoms. The van der Waals surface area contributed by atoms with Crippen molar-refractivity contribution >= 4 is 5.91 Å². The van der Waals surface area contributed by atoms with Crippen molar-refractivity contribution < 1.29 is 4.79 Å². The average Bonchev–Trinajstić information content (AvgIpc) is 2.73. The minimum absolute atomic E-state index is 0.0171. The van der Waals surface area contributed by atoms with Crippen molar-refractivity contribution in [1.29, 1.82) is 0 Å². The third-order valence-electron chi connectivity index (χ3n) is 3.34. The summed E-state index contributed by atoms with van der Waals surface area (Å²) < 4.78 is 0. The van der Waals surface area contributed by atoms with E-state index in [1.54, 1.807) is 0 Å². The Balaban J connectivity index is 2.53. The number of hydrogen-bond acceptors (Lipinski definition) is 3. The highest BCUT2D eigenvalue weighted by Crippen LogP contribution is 2.22. The zero-order valence-electron chi connectivity index (χ0n) is 9.83. The SMILES string of the molecule is CCCC(C(=O)NN)N1CCC(CC)C1. The second-order valence-corrected chi connectivity index (χ2v) is 4.37. The van der Waals surface area contributed by atoms with Crippen molar-refractivity contribution in [3.8, 4) is 0 Å². The van der Waals surface area contributed by atoms with Gasteiger partial charge in [-0.1, -0.05) is 26.7 Å². The Kier molecular flexibility index (Phi) is 5.05. The fourth-order valence-corrected chi connectivity index (χ4v) is 2.33. The fraction of sp³-hybridized carbons (Fsp3) is 0.909. The van der Waals surface area contributed by atoms with Gasteiger partial charge in [0.1, 0.15) is 0 Å². The number of hydrazine groups is 1. The average molecular weight is 213 g/mol. The molecule has 2 atom stereocenters. The van der Waals surface area contributed by atoms with Gasteiger partial charge < -0.3 is 0 Å². The van der Waals surface area contributed by atoms with Gasteiger partial charge in [0, 0.05) is 6.54 Å². The summed E-state index contributed by atoms with van der Waals surface area (Å²) in [5, 5.41) is 0. The monoisotopic (exact) mass is 213 g/mol. The molecule has 2 unspecified atom stereocenters. The second kappa shape index (κ2) is 6.08. The number of nitrogens with zero attached hydrogens (tertiary/aromatic N) is 1. The summed E-state index contributed by atoms with van der Waals surface area (Å²) >= 11 is 0. The maximum absolute atomic E-state index is 11.6. The van der Waals surface area contributed by atoms with E-state index >= 15 is 0 Å². The van der Waals surface area contributed by atoms with Crippen molar-refractivity contribution in [1.82, 2.24) is 10.3 Å². The number of nitrogens with two attached hydrogens (primary N) is 1. The van der Waals surface area contributed by atoms with E-state index in [1.807, 2.05) is 0 Å². The van der Waals surface area contributed by atoms with Crippen LogP contribution in [-0.4, -0.2) is 29.9 Å². The molecule has 0 radical (unpaired) electrons. The zero-order chi connectivity index (χ0) is 11.3. The van der Waals surface area contributed by atoms with Gasteiger partial charge in [-0.3, -0.25) is 15.1 Å². The highest BCUT2D eigenvalue weighted by atomic mass is 16.2. The van der Waals surface area contributed by atoms with Gasteiger partial charge in [0.05, 0.1) is 6.04 Å². The summed E-state index contributed by atoms with van der Waals surface area (Å²) in [6.07, 6.45) is 4.35. The minimum atomic E-state index is -0.0337. The lowest BCUT2D eigenvalue weighted by atomic mass is 10.1. The lowest BCUT2D eigenvalue weighted by Gasteiger charge is -2.25. The summed E-state index contributed by atoms with van der Waals surface area (Å²) in [5.74, 6) is 5.94. The van der Waals surface area contributed by atoms with Crippen molar-refractivity contribution in [2.24, 2.45) is 11.8 Å². The van der Waals surface area contributed by atoms with E-state index in [0.29, 0.717) is 0 Å². The Hall–Kier alpha value is -0.610. The topological polar surface area (TPSA) is 58.4 Å². The van der Waals surface area contributed by atoms with Crippen LogP contribution in [0.5, 0.6) is 0 Å². The molecule has 1 fully saturated rings. The Bertz CT molecular complexity index is 208. The number of likely N-dealkylation sites (tertiary alicyclic amines) is 1. The zero-order valence-corrected chi connectivity index (χ0v) is 9.83. The first-order valence-electron chi connectivity index (χ1n) is 5.97. The molecule has 0 aliphatic carbocycles. The lowest BCUT2D eigenvalue weighted by molar-refractivity contribution is -0.126.